The number of allylic oxidation sites excluding steroid dienone is 4. The molecule has 0 fully saturated rings. The molecular weight excluding hydrogens is 266 g/mol. The minimum absolute atomic E-state index is 0.112. The van der Waals surface area contributed by atoms with Gasteiger partial charge < -0.3 is 5.32 Å². The van der Waals surface area contributed by atoms with Gasteiger partial charge in [-0.3, -0.25) is 0 Å². The summed E-state index contributed by atoms with van der Waals surface area (Å²) in [6.07, 6.45) is 0. The van der Waals surface area contributed by atoms with Gasteiger partial charge in [0, 0.05) is 17.5 Å². The highest BCUT2D eigenvalue weighted by Crippen LogP contribution is 2.44. The van der Waals surface area contributed by atoms with Crippen LogP contribution in [0.1, 0.15) is 72.6 Å². The average molecular weight is 297 g/mol. The second-order valence-corrected chi connectivity index (χ2v) is 7.77. The van der Waals surface area contributed by atoms with E-state index < -0.39 is 0 Å². The summed E-state index contributed by atoms with van der Waals surface area (Å²) >= 11 is 0. The molecular formula is C21H31N. The van der Waals surface area contributed by atoms with E-state index in [1.54, 1.807) is 0 Å². The van der Waals surface area contributed by atoms with E-state index in [1.165, 1.54) is 33.4 Å². The molecule has 1 aliphatic carbocycles. The highest BCUT2D eigenvalue weighted by molar-refractivity contribution is 5.81. The van der Waals surface area contributed by atoms with Gasteiger partial charge in [-0.15, -0.1) is 0 Å². The minimum atomic E-state index is 0.112. The molecule has 0 saturated heterocycles. The molecule has 1 aliphatic rings. The highest BCUT2D eigenvalue weighted by atomic mass is 15.0. The van der Waals surface area contributed by atoms with Gasteiger partial charge in [-0.05, 0) is 76.3 Å². The third kappa shape index (κ3) is 3.20. The molecule has 1 nitrogen and oxygen atoms in total. The van der Waals surface area contributed by atoms with Gasteiger partial charge in [-0.25, -0.2) is 0 Å². The number of rotatable bonds is 3. The quantitative estimate of drug-likeness (QED) is 0.733. The van der Waals surface area contributed by atoms with Gasteiger partial charge in [0.25, 0.3) is 0 Å². The Labute approximate surface area is 136 Å². The van der Waals surface area contributed by atoms with Gasteiger partial charge in [0.1, 0.15) is 0 Å². The van der Waals surface area contributed by atoms with Crippen LogP contribution in [0.4, 0.5) is 0 Å². The lowest BCUT2D eigenvalue weighted by atomic mass is 9.86. The molecule has 1 heteroatoms. The molecule has 1 aromatic carbocycles. The SMILES string of the molecule is CC1=C(C)C(C)C(c2ccccc2C(C)NC(C)(C)C)=C1C. The van der Waals surface area contributed by atoms with Crippen molar-refractivity contribution in [2.24, 2.45) is 5.92 Å². The zero-order chi connectivity index (χ0) is 16.7. The first-order valence-electron chi connectivity index (χ1n) is 8.39. The van der Waals surface area contributed by atoms with Gasteiger partial charge in [0.15, 0.2) is 0 Å². The zero-order valence-electron chi connectivity index (χ0n) is 15.5. The normalized spacial score (nSPS) is 20.8. The van der Waals surface area contributed by atoms with Crippen molar-refractivity contribution in [2.45, 2.75) is 67.0 Å². The summed E-state index contributed by atoms with van der Waals surface area (Å²) in [6, 6.07) is 9.22. The fraction of sp³-hybridized carbons (Fsp3) is 0.524. The zero-order valence-corrected chi connectivity index (χ0v) is 15.5. The van der Waals surface area contributed by atoms with Crippen molar-refractivity contribution < 1.29 is 0 Å². The van der Waals surface area contributed by atoms with Crippen LogP contribution in [0.2, 0.25) is 0 Å². The van der Waals surface area contributed by atoms with Crippen LogP contribution in [0, 0.1) is 5.92 Å². The molecule has 0 amide bonds. The lowest BCUT2D eigenvalue weighted by molar-refractivity contribution is 0.378. The van der Waals surface area contributed by atoms with E-state index >= 15 is 0 Å². The van der Waals surface area contributed by atoms with Crippen molar-refractivity contribution in [1.29, 1.82) is 0 Å². The molecule has 22 heavy (non-hydrogen) atoms. The van der Waals surface area contributed by atoms with Crippen molar-refractivity contribution in [1.82, 2.24) is 5.32 Å². The smallest absolute Gasteiger partial charge is 0.0302 e. The molecule has 120 valence electrons. The van der Waals surface area contributed by atoms with Crippen LogP contribution in [0.5, 0.6) is 0 Å². The molecule has 0 heterocycles. The Morgan fingerprint density at radius 3 is 2.09 bits per heavy atom. The Morgan fingerprint density at radius 1 is 1.00 bits per heavy atom. The van der Waals surface area contributed by atoms with E-state index in [4.69, 9.17) is 0 Å². The molecule has 0 saturated carbocycles. The van der Waals surface area contributed by atoms with E-state index in [0.29, 0.717) is 12.0 Å². The Hall–Kier alpha value is -1.34. The number of hydrogen-bond donors (Lipinski definition) is 1. The second kappa shape index (κ2) is 6.04. The summed E-state index contributed by atoms with van der Waals surface area (Å²) in [4.78, 5) is 0. The van der Waals surface area contributed by atoms with Crippen molar-refractivity contribution in [2.75, 3.05) is 0 Å². The van der Waals surface area contributed by atoms with Crippen LogP contribution in [0.15, 0.2) is 41.0 Å². The van der Waals surface area contributed by atoms with E-state index in [0.717, 1.165) is 0 Å². The van der Waals surface area contributed by atoms with Crippen LogP contribution < -0.4 is 5.32 Å². The monoisotopic (exact) mass is 297 g/mol. The first kappa shape index (κ1) is 17.0. The van der Waals surface area contributed by atoms with E-state index in [-0.39, 0.29) is 5.54 Å². The number of benzene rings is 1. The average Bonchev–Trinajstić information content (AvgIpc) is 2.61. The van der Waals surface area contributed by atoms with Gasteiger partial charge in [0.2, 0.25) is 0 Å². The lowest BCUT2D eigenvalue weighted by Crippen LogP contribution is -2.38. The molecule has 0 radical (unpaired) electrons. The van der Waals surface area contributed by atoms with Crippen LogP contribution in [0.3, 0.4) is 0 Å². The molecule has 1 N–H and O–H groups in total. The number of hydrogen-bond acceptors (Lipinski definition) is 1. The van der Waals surface area contributed by atoms with Crippen LogP contribution in [-0.2, 0) is 0 Å². The van der Waals surface area contributed by atoms with Crippen molar-refractivity contribution in [3.63, 3.8) is 0 Å². The summed E-state index contributed by atoms with van der Waals surface area (Å²) < 4.78 is 0. The largest absolute Gasteiger partial charge is 0.306 e. The predicted octanol–water partition coefficient (Wildman–Crippen LogP) is 5.90. The fourth-order valence-corrected chi connectivity index (χ4v) is 3.65. The summed E-state index contributed by atoms with van der Waals surface area (Å²) in [6.45, 7) is 18.1. The predicted molar refractivity (Wildman–Crippen MR) is 97.9 cm³/mol. The maximum atomic E-state index is 3.72. The highest BCUT2D eigenvalue weighted by Gasteiger charge is 2.27. The van der Waals surface area contributed by atoms with Crippen LogP contribution in [-0.4, -0.2) is 5.54 Å². The maximum absolute atomic E-state index is 3.72. The van der Waals surface area contributed by atoms with Gasteiger partial charge in [-0.1, -0.05) is 36.8 Å². The maximum Gasteiger partial charge on any atom is 0.0302 e. The van der Waals surface area contributed by atoms with Crippen LogP contribution >= 0.6 is 0 Å². The standard InChI is InChI=1S/C21H31N/c1-13-14(2)16(4)20(15(13)3)19-12-10-9-11-18(19)17(5)22-21(6,7)8/h9-12,15,17,22H,1-8H3. The van der Waals surface area contributed by atoms with E-state index in [9.17, 15) is 0 Å². The third-order valence-electron chi connectivity index (χ3n) is 5.01. The first-order chi connectivity index (χ1) is 10.1. The minimum Gasteiger partial charge on any atom is -0.306 e. The summed E-state index contributed by atoms with van der Waals surface area (Å²) in [5.41, 5.74) is 8.87. The fourth-order valence-electron chi connectivity index (χ4n) is 3.65. The first-order valence-corrected chi connectivity index (χ1v) is 8.39. The van der Waals surface area contributed by atoms with Crippen LogP contribution in [0.25, 0.3) is 5.57 Å². The van der Waals surface area contributed by atoms with Crippen molar-refractivity contribution in [3.8, 4) is 0 Å². The topological polar surface area (TPSA) is 12.0 Å². The molecule has 0 aliphatic heterocycles. The second-order valence-electron chi connectivity index (χ2n) is 7.77. The van der Waals surface area contributed by atoms with Gasteiger partial charge in [0.05, 0.1) is 0 Å². The molecule has 0 aromatic heterocycles. The molecule has 2 atom stereocenters. The van der Waals surface area contributed by atoms with Crippen molar-refractivity contribution in [3.05, 3.63) is 52.1 Å². The van der Waals surface area contributed by atoms with E-state index in [2.05, 4.69) is 85.0 Å². The molecule has 0 spiro atoms. The Kier molecular flexibility index (Phi) is 4.67. The summed E-state index contributed by atoms with van der Waals surface area (Å²) in [5, 5.41) is 3.72. The molecule has 2 unspecified atom stereocenters. The summed E-state index contributed by atoms with van der Waals surface area (Å²) in [5.74, 6) is 0.517. The Morgan fingerprint density at radius 2 is 1.59 bits per heavy atom. The van der Waals surface area contributed by atoms with Crippen molar-refractivity contribution >= 4 is 5.57 Å². The Bertz CT molecular complexity index is 626. The number of nitrogens with one attached hydrogen (secondary N) is 1. The summed E-state index contributed by atoms with van der Waals surface area (Å²) in [7, 11) is 0. The van der Waals surface area contributed by atoms with Gasteiger partial charge >= 0.3 is 0 Å². The molecule has 2 rings (SSSR count). The third-order valence-corrected chi connectivity index (χ3v) is 5.01. The molecule has 0 bridgehead atoms. The lowest BCUT2D eigenvalue weighted by Gasteiger charge is -2.28. The molecule has 1 aromatic rings. The van der Waals surface area contributed by atoms with Gasteiger partial charge in [-0.2, -0.15) is 0 Å². The Balaban J connectivity index is 2.47. The van der Waals surface area contributed by atoms with E-state index in [1.807, 2.05) is 0 Å².